The van der Waals surface area contributed by atoms with E-state index in [1.54, 1.807) is 6.07 Å². The minimum Gasteiger partial charge on any atom is -0.398 e. The van der Waals surface area contributed by atoms with Crippen LogP contribution >= 0.6 is 0 Å². The van der Waals surface area contributed by atoms with Crippen molar-refractivity contribution in [3.05, 3.63) is 53.8 Å². The Hall–Kier alpha value is -1.83. The Bertz CT molecular complexity index is 492. The van der Waals surface area contributed by atoms with E-state index in [0.29, 0.717) is 5.69 Å². The molecule has 0 fully saturated rings. The predicted molar refractivity (Wildman–Crippen MR) is 61.0 cm³/mol. The van der Waals surface area contributed by atoms with Crippen molar-refractivity contribution in [2.75, 3.05) is 5.73 Å². The van der Waals surface area contributed by atoms with Gasteiger partial charge in [-0.1, -0.05) is 24.3 Å². The van der Waals surface area contributed by atoms with E-state index >= 15 is 0 Å². The van der Waals surface area contributed by atoms with Crippen molar-refractivity contribution in [3.8, 4) is 11.1 Å². The van der Waals surface area contributed by atoms with Gasteiger partial charge in [-0.05, 0) is 36.2 Å². The molecule has 0 bridgehead atoms. The molecule has 0 aliphatic rings. The monoisotopic (exact) mass is 201 g/mol. The first-order valence-corrected chi connectivity index (χ1v) is 4.79. The van der Waals surface area contributed by atoms with Crippen LogP contribution in [-0.4, -0.2) is 0 Å². The van der Waals surface area contributed by atoms with Gasteiger partial charge in [-0.3, -0.25) is 0 Å². The maximum atomic E-state index is 12.9. The Morgan fingerprint density at radius 2 is 1.73 bits per heavy atom. The summed E-state index contributed by atoms with van der Waals surface area (Å²) in [6.07, 6.45) is 0. The van der Waals surface area contributed by atoms with Gasteiger partial charge in [-0.25, -0.2) is 4.39 Å². The first-order valence-electron chi connectivity index (χ1n) is 4.79. The van der Waals surface area contributed by atoms with E-state index in [0.717, 1.165) is 16.7 Å². The summed E-state index contributed by atoms with van der Waals surface area (Å²) in [6.45, 7) is 1.88. The molecule has 76 valence electrons. The average Bonchev–Trinajstić information content (AvgIpc) is 2.20. The molecule has 0 atom stereocenters. The Labute approximate surface area is 88.4 Å². The van der Waals surface area contributed by atoms with E-state index in [1.807, 2.05) is 31.2 Å². The number of nitrogens with two attached hydrogens (primary N) is 1. The zero-order chi connectivity index (χ0) is 10.8. The van der Waals surface area contributed by atoms with Crippen LogP contribution in [0, 0.1) is 12.7 Å². The van der Waals surface area contributed by atoms with Crippen LogP contribution in [0.1, 0.15) is 5.56 Å². The summed E-state index contributed by atoms with van der Waals surface area (Å²) in [6, 6.07) is 12.3. The molecule has 0 unspecified atom stereocenters. The van der Waals surface area contributed by atoms with Gasteiger partial charge in [0.05, 0.1) is 0 Å². The molecule has 0 amide bonds. The Kier molecular flexibility index (Phi) is 2.42. The molecule has 2 rings (SSSR count). The van der Waals surface area contributed by atoms with Crippen molar-refractivity contribution in [2.24, 2.45) is 0 Å². The average molecular weight is 201 g/mol. The van der Waals surface area contributed by atoms with Crippen molar-refractivity contribution >= 4 is 5.69 Å². The fourth-order valence-corrected chi connectivity index (χ4v) is 1.67. The van der Waals surface area contributed by atoms with Crippen LogP contribution in [-0.2, 0) is 0 Å². The molecule has 2 aromatic carbocycles. The number of hydrogen-bond donors (Lipinski definition) is 1. The zero-order valence-electron chi connectivity index (χ0n) is 8.50. The summed E-state index contributed by atoms with van der Waals surface area (Å²) in [5, 5.41) is 0. The summed E-state index contributed by atoms with van der Waals surface area (Å²) in [4.78, 5) is 0. The van der Waals surface area contributed by atoms with Crippen LogP contribution in [0.2, 0.25) is 0 Å². The minimum atomic E-state index is -0.217. The van der Waals surface area contributed by atoms with Gasteiger partial charge in [0.2, 0.25) is 0 Å². The molecule has 15 heavy (non-hydrogen) atoms. The minimum absolute atomic E-state index is 0.217. The highest BCUT2D eigenvalue weighted by Crippen LogP contribution is 2.28. The van der Waals surface area contributed by atoms with Crippen molar-refractivity contribution < 1.29 is 4.39 Å². The summed E-state index contributed by atoms with van der Waals surface area (Å²) < 4.78 is 12.9. The number of halogens is 1. The maximum Gasteiger partial charge on any atom is 0.123 e. The normalized spacial score (nSPS) is 10.3. The third-order valence-electron chi connectivity index (χ3n) is 2.44. The largest absolute Gasteiger partial charge is 0.398 e. The molecule has 0 heterocycles. The quantitative estimate of drug-likeness (QED) is 0.703. The second-order valence-electron chi connectivity index (χ2n) is 3.55. The van der Waals surface area contributed by atoms with Crippen molar-refractivity contribution in [2.45, 2.75) is 6.92 Å². The number of anilines is 1. The fraction of sp³-hybridized carbons (Fsp3) is 0.0769. The van der Waals surface area contributed by atoms with E-state index in [9.17, 15) is 4.39 Å². The molecule has 1 nitrogen and oxygen atoms in total. The van der Waals surface area contributed by atoms with E-state index in [2.05, 4.69) is 0 Å². The first-order chi connectivity index (χ1) is 7.18. The Balaban J connectivity index is 2.60. The van der Waals surface area contributed by atoms with E-state index in [-0.39, 0.29) is 5.82 Å². The second kappa shape index (κ2) is 3.73. The topological polar surface area (TPSA) is 26.0 Å². The standard InChI is InChI=1S/C13H12FN/c1-9-8-10(14)6-7-11(9)12-4-2-3-5-13(12)15/h2-8H,15H2,1H3. The predicted octanol–water partition coefficient (Wildman–Crippen LogP) is 3.38. The molecule has 0 aliphatic heterocycles. The van der Waals surface area contributed by atoms with Gasteiger partial charge in [0, 0.05) is 11.3 Å². The lowest BCUT2D eigenvalue weighted by Gasteiger charge is -2.08. The van der Waals surface area contributed by atoms with Crippen LogP contribution in [0.4, 0.5) is 10.1 Å². The smallest absolute Gasteiger partial charge is 0.123 e. The number of hydrogen-bond acceptors (Lipinski definition) is 1. The number of para-hydroxylation sites is 1. The third kappa shape index (κ3) is 1.84. The van der Waals surface area contributed by atoms with Crippen molar-refractivity contribution in [1.82, 2.24) is 0 Å². The molecule has 0 aromatic heterocycles. The third-order valence-corrected chi connectivity index (χ3v) is 2.44. The van der Waals surface area contributed by atoms with Gasteiger partial charge in [0.15, 0.2) is 0 Å². The first kappa shape index (κ1) is 9.71. The molecule has 2 heteroatoms. The zero-order valence-corrected chi connectivity index (χ0v) is 8.50. The van der Waals surface area contributed by atoms with Crippen molar-refractivity contribution in [1.29, 1.82) is 0 Å². The van der Waals surface area contributed by atoms with Gasteiger partial charge in [-0.2, -0.15) is 0 Å². The highest BCUT2D eigenvalue weighted by atomic mass is 19.1. The molecule has 0 aliphatic carbocycles. The summed E-state index contributed by atoms with van der Waals surface area (Å²) in [5.74, 6) is -0.217. The molecular formula is C13H12FN. The summed E-state index contributed by atoms with van der Waals surface area (Å²) in [5.41, 5.74) is 9.41. The highest BCUT2D eigenvalue weighted by Gasteiger charge is 2.05. The van der Waals surface area contributed by atoms with Gasteiger partial charge >= 0.3 is 0 Å². The highest BCUT2D eigenvalue weighted by molar-refractivity contribution is 5.78. The van der Waals surface area contributed by atoms with Gasteiger partial charge in [0.1, 0.15) is 5.82 Å². The van der Waals surface area contributed by atoms with Crippen LogP contribution in [0.25, 0.3) is 11.1 Å². The van der Waals surface area contributed by atoms with Crippen LogP contribution in [0.3, 0.4) is 0 Å². The lowest BCUT2D eigenvalue weighted by atomic mass is 9.99. The number of nitrogen functional groups attached to an aromatic ring is 1. The molecule has 0 spiro atoms. The van der Waals surface area contributed by atoms with Crippen LogP contribution in [0.5, 0.6) is 0 Å². The maximum absolute atomic E-state index is 12.9. The van der Waals surface area contributed by atoms with Crippen LogP contribution < -0.4 is 5.73 Å². The van der Waals surface area contributed by atoms with Gasteiger partial charge in [-0.15, -0.1) is 0 Å². The van der Waals surface area contributed by atoms with Crippen LogP contribution in [0.15, 0.2) is 42.5 Å². The van der Waals surface area contributed by atoms with E-state index in [4.69, 9.17) is 5.73 Å². The van der Waals surface area contributed by atoms with E-state index in [1.165, 1.54) is 12.1 Å². The Morgan fingerprint density at radius 1 is 1.00 bits per heavy atom. The second-order valence-corrected chi connectivity index (χ2v) is 3.55. The fourth-order valence-electron chi connectivity index (χ4n) is 1.67. The summed E-state index contributed by atoms with van der Waals surface area (Å²) in [7, 11) is 0. The van der Waals surface area contributed by atoms with Gasteiger partial charge in [0.25, 0.3) is 0 Å². The lowest BCUT2D eigenvalue weighted by molar-refractivity contribution is 0.627. The molecule has 0 radical (unpaired) electrons. The molecule has 2 aromatic rings. The van der Waals surface area contributed by atoms with E-state index < -0.39 is 0 Å². The Morgan fingerprint density at radius 3 is 2.40 bits per heavy atom. The van der Waals surface area contributed by atoms with Gasteiger partial charge < -0.3 is 5.73 Å². The molecule has 2 N–H and O–H groups in total. The van der Waals surface area contributed by atoms with Crippen molar-refractivity contribution in [3.63, 3.8) is 0 Å². The number of aryl methyl sites for hydroxylation is 1. The molecule has 0 saturated carbocycles. The SMILES string of the molecule is Cc1cc(F)ccc1-c1ccccc1N. The lowest BCUT2D eigenvalue weighted by Crippen LogP contribution is -1.91. The number of benzene rings is 2. The number of rotatable bonds is 1. The molecule has 0 saturated heterocycles. The summed E-state index contributed by atoms with van der Waals surface area (Å²) >= 11 is 0. The molecular weight excluding hydrogens is 189 g/mol.